The number of nitrogens with zero attached hydrogens (tertiary/aromatic N) is 3. The Labute approximate surface area is 222 Å². The van der Waals surface area contributed by atoms with E-state index >= 15 is 0 Å². The maximum Gasteiger partial charge on any atom is 0.129 e. The Hall–Kier alpha value is -2.83. The molecule has 0 bridgehead atoms. The van der Waals surface area contributed by atoms with Crippen LogP contribution in [0.15, 0.2) is 59.3 Å². The largest absolute Gasteiger partial charge is 0.496 e. The van der Waals surface area contributed by atoms with E-state index in [0.29, 0.717) is 19.1 Å². The molecule has 0 radical (unpaired) electrons. The van der Waals surface area contributed by atoms with E-state index in [4.69, 9.17) is 14.3 Å². The van der Waals surface area contributed by atoms with Gasteiger partial charge < -0.3 is 19.2 Å². The van der Waals surface area contributed by atoms with E-state index in [9.17, 15) is 0 Å². The smallest absolute Gasteiger partial charge is 0.129 e. The predicted octanol–water partition coefficient (Wildman–Crippen LogP) is 5.88. The molecule has 0 N–H and O–H groups in total. The van der Waals surface area contributed by atoms with Crippen LogP contribution in [0.5, 0.6) is 11.5 Å². The van der Waals surface area contributed by atoms with Crippen molar-refractivity contribution in [2.45, 2.75) is 46.1 Å². The molecule has 1 heterocycles. The minimum Gasteiger partial charge on any atom is -0.496 e. The quantitative estimate of drug-likeness (QED) is 0.282. The lowest BCUT2D eigenvalue weighted by molar-refractivity contribution is 0.0996. The molecule has 2 aromatic rings. The van der Waals surface area contributed by atoms with Crippen LogP contribution in [0, 0.1) is 5.92 Å². The third kappa shape index (κ3) is 8.08. The highest BCUT2D eigenvalue weighted by molar-refractivity contribution is 6.05. The van der Waals surface area contributed by atoms with Crippen molar-refractivity contribution in [3.63, 3.8) is 0 Å². The van der Waals surface area contributed by atoms with E-state index < -0.39 is 0 Å². The van der Waals surface area contributed by atoms with Gasteiger partial charge in [-0.1, -0.05) is 42.4 Å². The minimum atomic E-state index is 0.395. The highest BCUT2D eigenvalue weighted by Gasteiger charge is 2.22. The Kier molecular flexibility index (Phi) is 10.4. The fraction of sp³-hybridized carbons (Fsp3) is 0.516. The average molecular weight is 506 g/mol. The molecule has 6 nitrogen and oxygen atoms in total. The van der Waals surface area contributed by atoms with Crippen molar-refractivity contribution >= 4 is 11.8 Å². The zero-order chi connectivity index (χ0) is 25.9. The van der Waals surface area contributed by atoms with Gasteiger partial charge in [0.1, 0.15) is 18.1 Å². The second kappa shape index (κ2) is 14.2. The number of allylic oxidation sites excluding steroid dienone is 1. The third-order valence-corrected chi connectivity index (χ3v) is 7.31. The fourth-order valence-electron chi connectivity index (χ4n) is 5.21. The van der Waals surface area contributed by atoms with Crippen LogP contribution in [0.2, 0.25) is 0 Å². The number of oxime groups is 1. The maximum atomic E-state index is 5.87. The summed E-state index contributed by atoms with van der Waals surface area (Å²) in [7, 11) is 1.71. The van der Waals surface area contributed by atoms with Crippen LogP contribution < -0.4 is 9.47 Å². The molecular weight excluding hydrogens is 462 g/mol. The molecule has 2 fully saturated rings. The summed E-state index contributed by atoms with van der Waals surface area (Å²) in [6.45, 7) is 12.1. The van der Waals surface area contributed by atoms with Gasteiger partial charge in [0.15, 0.2) is 0 Å². The van der Waals surface area contributed by atoms with Gasteiger partial charge in [-0.2, -0.15) is 0 Å². The van der Waals surface area contributed by atoms with Crippen LogP contribution in [-0.4, -0.2) is 68.6 Å². The van der Waals surface area contributed by atoms with Crippen molar-refractivity contribution in [3.05, 3.63) is 65.2 Å². The Morgan fingerprint density at radius 2 is 1.81 bits per heavy atom. The lowest BCUT2D eigenvalue weighted by Gasteiger charge is -2.34. The molecule has 1 atom stereocenters. The highest BCUT2D eigenvalue weighted by Crippen LogP contribution is 2.32. The zero-order valence-corrected chi connectivity index (χ0v) is 22.8. The molecule has 37 heavy (non-hydrogen) atoms. The molecule has 1 saturated heterocycles. The lowest BCUT2D eigenvalue weighted by atomic mass is 9.84. The van der Waals surface area contributed by atoms with E-state index in [1.807, 2.05) is 19.1 Å². The highest BCUT2D eigenvalue weighted by atomic mass is 16.6. The first-order valence-electron chi connectivity index (χ1n) is 13.9. The van der Waals surface area contributed by atoms with Gasteiger partial charge in [0.05, 0.1) is 19.4 Å². The molecule has 2 aromatic carbocycles. The van der Waals surface area contributed by atoms with Crippen LogP contribution in [0.4, 0.5) is 0 Å². The van der Waals surface area contributed by atoms with Crippen LogP contribution in [0.1, 0.15) is 50.7 Å². The summed E-state index contributed by atoms with van der Waals surface area (Å²) in [4.78, 5) is 11.0. The summed E-state index contributed by atoms with van der Waals surface area (Å²) >= 11 is 0. The summed E-state index contributed by atoms with van der Waals surface area (Å²) in [6, 6.07) is 16.8. The van der Waals surface area contributed by atoms with Crippen molar-refractivity contribution < 1.29 is 14.3 Å². The molecule has 200 valence electrons. The predicted molar refractivity (Wildman–Crippen MR) is 151 cm³/mol. The normalized spacial score (nSPS) is 21.3. The van der Waals surface area contributed by atoms with Crippen molar-refractivity contribution in [2.24, 2.45) is 11.1 Å². The van der Waals surface area contributed by atoms with Crippen molar-refractivity contribution in [1.82, 2.24) is 9.80 Å². The van der Waals surface area contributed by atoms with Crippen LogP contribution >= 0.6 is 0 Å². The van der Waals surface area contributed by atoms with Crippen LogP contribution in [-0.2, 0) is 11.4 Å². The summed E-state index contributed by atoms with van der Waals surface area (Å²) in [5.41, 5.74) is 4.77. The monoisotopic (exact) mass is 505 g/mol. The molecule has 4 rings (SSSR count). The number of hydrogen-bond acceptors (Lipinski definition) is 6. The molecule has 0 aromatic heterocycles. The van der Waals surface area contributed by atoms with E-state index in [-0.39, 0.29) is 0 Å². The van der Waals surface area contributed by atoms with Gasteiger partial charge in [0.25, 0.3) is 0 Å². The van der Waals surface area contributed by atoms with E-state index in [1.165, 1.54) is 17.6 Å². The third-order valence-electron chi connectivity index (χ3n) is 7.31. The molecule has 1 saturated carbocycles. The first kappa shape index (κ1) is 27.2. The van der Waals surface area contributed by atoms with Crippen molar-refractivity contribution in [1.29, 1.82) is 0 Å². The van der Waals surface area contributed by atoms with Crippen molar-refractivity contribution in [2.75, 3.05) is 53.0 Å². The van der Waals surface area contributed by atoms with Crippen molar-refractivity contribution in [3.8, 4) is 11.5 Å². The van der Waals surface area contributed by atoms with E-state index in [2.05, 4.69) is 64.4 Å². The van der Waals surface area contributed by atoms with E-state index in [0.717, 1.165) is 81.3 Å². The van der Waals surface area contributed by atoms with Crippen LogP contribution in [0.25, 0.3) is 6.08 Å². The minimum absolute atomic E-state index is 0.395. The SMILES string of the molecule is CCOc1ccc(C=C2CCC[C@H](C)C2=NOCCCN2CCN(Cc3ccccc3)CC2)c(OC)c1. The molecular formula is C31H43N3O3. The number of methoxy groups -OCH3 is 1. The molecule has 0 unspecified atom stereocenters. The molecule has 2 aliphatic rings. The zero-order valence-electron chi connectivity index (χ0n) is 22.8. The first-order chi connectivity index (χ1) is 18.2. The number of hydrogen-bond donors (Lipinski definition) is 0. The Bertz CT molecular complexity index is 1030. The van der Waals surface area contributed by atoms with Gasteiger partial charge in [-0.05, 0) is 62.0 Å². The van der Waals surface area contributed by atoms with Gasteiger partial charge in [0, 0.05) is 56.8 Å². The number of rotatable bonds is 11. The first-order valence-corrected chi connectivity index (χ1v) is 13.9. The summed E-state index contributed by atoms with van der Waals surface area (Å²) in [5, 5.41) is 4.64. The summed E-state index contributed by atoms with van der Waals surface area (Å²) in [6.07, 6.45) is 6.53. The Balaban J connectivity index is 1.26. The summed E-state index contributed by atoms with van der Waals surface area (Å²) in [5.74, 6) is 2.04. The van der Waals surface area contributed by atoms with Gasteiger partial charge in [0.2, 0.25) is 0 Å². The standard InChI is InChI=1S/C31H43N3O3/c1-4-36-29-15-14-27(30(23-29)35-3)22-28-13-8-10-25(2)31(28)32-37-21-9-16-33-17-19-34(20-18-33)24-26-11-6-5-7-12-26/h5-7,11-12,14-15,22-23,25H,4,8-10,13,16-21,24H2,1-3H3/t25-/m0/s1. The van der Waals surface area contributed by atoms with E-state index in [1.54, 1.807) is 7.11 Å². The van der Waals surface area contributed by atoms with Gasteiger partial charge in [-0.3, -0.25) is 4.90 Å². The second-order valence-electron chi connectivity index (χ2n) is 10.1. The van der Waals surface area contributed by atoms with Gasteiger partial charge >= 0.3 is 0 Å². The molecule has 0 amide bonds. The second-order valence-corrected chi connectivity index (χ2v) is 10.1. The maximum absolute atomic E-state index is 5.87. The molecule has 6 heteroatoms. The van der Waals surface area contributed by atoms with Gasteiger partial charge in [-0.15, -0.1) is 0 Å². The number of piperazine rings is 1. The van der Waals surface area contributed by atoms with Crippen LogP contribution in [0.3, 0.4) is 0 Å². The summed E-state index contributed by atoms with van der Waals surface area (Å²) < 4.78 is 11.3. The number of benzene rings is 2. The molecule has 1 aliphatic carbocycles. The number of ether oxygens (including phenoxy) is 2. The fourth-order valence-corrected chi connectivity index (χ4v) is 5.21. The Morgan fingerprint density at radius 3 is 2.57 bits per heavy atom. The lowest BCUT2D eigenvalue weighted by Crippen LogP contribution is -2.46. The molecule has 1 aliphatic heterocycles. The molecule has 0 spiro atoms. The Morgan fingerprint density at radius 1 is 1.03 bits per heavy atom. The average Bonchev–Trinajstić information content (AvgIpc) is 2.92. The topological polar surface area (TPSA) is 46.5 Å². The van der Waals surface area contributed by atoms with Gasteiger partial charge in [-0.25, -0.2) is 0 Å².